The monoisotopic (exact) mass is 200 g/mol. The number of aryl methyl sites for hydroxylation is 2. The van der Waals surface area contributed by atoms with Gasteiger partial charge in [-0.05, 0) is 0 Å². The van der Waals surface area contributed by atoms with Crippen molar-refractivity contribution in [3.63, 3.8) is 0 Å². The summed E-state index contributed by atoms with van der Waals surface area (Å²) >= 11 is 3.41. The Kier molecular flexibility index (Phi) is 2.87. The van der Waals surface area contributed by atoms with E-state index in [2.05, 4.69) is 45.9 Å². The van der Waals surface area contributed by atoms with Gasteiger partial charge in [0.2, 0.25) is 0 Å². The van der Waals surface area contributed by atoms with Crippen LogP contribution in [0.3, 0.4) is 0 Å². The van der Waals surface area contributed by atoms with Crippen LogP contribution in [-0.4, -0.2) is 5.33 Å². The van der Waals surface area contributed by atoms with Crippen LogP contribution in [0.25, 0.3) is 0 Å². The van der Waals surface area contributed by atoms with Gasteiger partial charge in [-0.15, -0.1) is 0 Å². The Morgan fingerprint density at radius 2 is 2.30 bits per heavy atom. The summed E-state index contributed by atoms with van der Waals surface area (Å²) in [6, 6.07) is 6.25. The van der Waals surface area contributed by atoms with Gasteiger partial charge in [-0.25, -0.2) is 4.57 Å². The first kappa shape index (κ1) is 7.73. The molecule has 1 heterocycles. The number of halogens is 1. The lowest BCUT2D eigenvalue weighted by molar-refractivity contribution is -0.679. The van der Waals surface area contributed by atoms with Crippen LogP contribution in [0, 0.1) is 0 Å². The van der Waals surface area contributed by atoms with Crippen molar-refractivity contribution >= 4 is 15.9 Å². The van der Waals surface area contributed by atoms with E-state index in [1.54, 1.807) is 0 Å². The summed E-state index contributed by atoms with van der Waals surface area (Å²) in [5.41, 5.74) is 1.36. The van der Waals surface area contributed by atoms with E-state index < -0.39 is 0 Å². The minimum atomic E-state index is 1.03. The molecular formula is C8H11BrN+. The Hall–Kier alpha value is -0.370. The van der Waals surface area contributed by atoms with Crippen molar-refractivity contribution in [3.8, 4) is 0 Å². The largest absolute Gasteiger partial charge is 0.205 e. The molecule has 0 aliphatic heterocycles. The van der Waals surface area contributed by atoms with Crippen LogP contribution in [0.4, 0.5) is 0 Å². The second-order valence-electron chi connectivity index (χ2n) is 2.24. The molecule has 1 rings (SSSR count). The predicted molar refractivity (Wildman–Crippen MR) is 45.1 cm³/mol. The van der Waals surface area contributed by atoms with Gasteiger partial charge < -0.3 is 0 Å². The zero-order valence-corrected chi connectivity index (χ0v) is 7.63. The molecule has 0 N–H and O–H groups in total. The van der Waals surface area contributed by atoms with Crippen molar-refractivity contribution in [1.82, 2.24) is 0 Å². The molecule has 2 heteroatoms. The van der Waals surface area contributed by atoms with E-state index in [1.807, 2.05) is 6.07 Å². The van der Waals surface area contributed by atoms with Gasteiger partial charge in [-0.3, -0.25) is 0 Å². The standard InChI is InChI=1S/C8H11BrN/c1-10-7-3-2-4-8(10)5-6-9/h2-4,7H,5-6H2,1H3/q+1. The van der Waals surface area contributed by atoms with Crippen LogP contribution < -0.4 is 4.57 Å². The minimum Gasteiger partial charge on any atom is -0.205 e. The molecule has 10 heavy (non-hydrogen) atoms. The van der Waals surface area contributed by atoms with E-state index >= 15 is 0 Å². The fraction of sp³-hybridized carbons (Fsp3) is 0.375. The number of alkyl halides is 1. The highest BCUT2D eigenvalue weighted by molar-refractivity contribution is 9.09. The van der Waals surface area contributed by atoms with Crippen molar-refractivity contribution in [2.45, 2.75) is 6.42 Å². The molecule has 1 aromatic rings. The molecule has 0 bridgehead atoms. The predicted octanol–water partition coefficient (Wildman–Crippen LogP) is 1.45. The van der Waals surface area contributed by atoms with Gasteiger partial charge in [0.25, 0.3) is 0 Å². The number of rotatable bonds is 2. The third-order valence-electron chi connectivity index (χ3n) is 1.51. The second kappa shape index (κ2) is 3.71. The molecule has 0 aliphatic carbocycles. The van der Waals surface area contributed by atoms with Gasteiger partial charge in [-0.2, -0.15) is 0 Å². The lowest BCUT2D eigenvalue weighted by Crippen LogP contribution is -2.32. The normalized spacial score (nSPS) is 9.80. The van der Waals surface area contributed by atoms with E-state index in [-0.39, 0.29) is 0 Å². The van der Waals surface area contributed by atoms with Crippen LogP contribution >= 0.6 is 15.9 Å². The summed E-state index contributed by atoms with van der Waals surface area (Å²) in [4.78, 5) is 0. The van der Waals surface area contributed by atoms with Crippen LogP contribution in [-0.2, 0) is 13.5 Å². The fourth-order valence-electron chi connectivity index (χ4n) is 0.915. The number of pyridine rings is 1. The Labute approximate surface area is 69.8 Å². The summed E-state index contributed by atoms with van der Waals surface area (Å²) in [5.74, 6) is 0. The maximum atomic E-state index is 3.41. The summed E-state index contributed by atoms with van der Waals surface area (Å²) < 4.78 is 2.14. The average Bonchev–Trinajstić information content (AvgIpc) is 1.94. The Bertz CT molecular complexity index is 210. The van der Waals surface area contributed by atoms with Gasteiger partial charge in [0.05, 0.1) is 0 Å². The van der Waals surface area contributed by atoms with Gasteiger partial charge in [0, 0.05) is 23.9 Å². The molecule has 0 saturated heterocycles. The van der Waals surface area contributed by atoms with Crippen molar-refractivity contribution in [2.75, 3.05) is 5.33 Å². The van der Waals surface area contributed by atoms with E-state index in [4.69, 9.17) is 0 Å². The highest BCUT2D eigenvalue weighted by atomic mass is 79.9. The summed E-state index contributed by atoms with van der Waals surface area (Å²) in [6.45, 7) is 0. The first-order valence-electron chi connectivity index (χ1n) is 3.34. The molecule has 54 valence electrons. The van der Waals surface area contributed by atoms with E-state index in [1.165, 1.54) is 5.69 Å². The van der Waals surface area contributed by atoms with Gasteiger partial charge in [0.15, 0.2) is 11.9 Å². The fourth-order valence-corrected chi connectivity index (χ4v) is 1.32. The number of nitrogens with zero attached hydrogens (tertiary/aromatic N) is 1. The molecule has 0 fully saturated rings. The van der Waals surface area contributed by atoms with E-state index in [0.29, 0.717) is 0 Å². The van der Waals surface area contributed by atoms with Crippen LogP contribution in [0.1, 0.15) is 5.69 Å². The first-order valence-corrected chi connectivity index (χ1v) is 4.46. The van der Waals surface area contributed by atoms with E-state index in [9.17, 15) is 0 Å². The third-order valence-corrected chi connectivity index (χ3v) is 1.91. The van der Waals surface area contributed by atoms with Crippen molar-refractivity contribution in [1.29, 1.82) is 0 Å². The van der Waals surface area contributed by atoms with Crippen LogP contribution in [0.15, 0.2) is 24.4 Å². The zero-order valence-electron chi connectivity index (χ0n) is 6.05. The van der Waals surface area contributed by atoms with Crippen LogP contribution in [0.2, 0.25) is 0 Å². The van der Waals surface area contributed by atoms with Gasteiger partial charge in [0.1, 0.15) is 7.05 Å². The molecule has 0 atom stereocenters. The molecule has 0 spiro atoms. The summed E-state index contributed by atoms with van der Waals surface area (Å²) in [5, 5.41) is 1.03. The maximum Gasteiger partial charge on any atom is 0.181 e. The molecule has 0 amide bonds. The molecule has 1 aromatic heterocycles. The first-order chi connectivity index (χ1) is 4.84. The van der Waals surface area contributed by atoms with E-state index in [0.717, 1.165) is 11.8 Å². The Morgan fingerprint density at radius 3 is 2.90 bits per heavy atom. The topological polar surface area (TPSA) is 3.88 Å². The zero-order chi connectivity index (χ0) is 7.40. The number of aromatic nitrogens is 1. The van der Waals surface area contributed by atoms with Crippen LogP contribution in [0.5, 0.6) is 0 Å². The van der Waals surface area contributed by atoms with Crippen molar-refractivity contribution in [2.24, 2.45) is 7.05 Å². The molecule has 0 aliphatic rings. The maximum absolute atomic E-state index is 3.41. The van der Waals surface area contributed by atoms with Gasteiger partial charge >= 0.3 is 0 Å². The smallest absolute Gasteiger partial charge is 0.181 e. The molecule has 0 saturated carbocycles. The highest BCUT2D eigenvalue weighted by Gasteiger charge is 2.00. The highest BCUT2D eigenvalue weighted by Crippen LogP contribution is 1.94. The Morgan fingerprint density at radius 1 is 1.50 bits per heavy atom. The molecule has 0 unspecified atom stereocenters. The third kappa shape index (κ3) is 1.81. The van der Waals surface area contributed by atoms with Crippen molar-refractivity contribution < 1.29 is 4.57 Å². The SMILES string of the molecule is C[n+]1ccccc1CCBr. The number of hydrogen-bond donors (Lipinski definition) is 0. The van der Waals surface area contributed by atoms with Crippen molar-refractivity contribution in [3.05, 3.63) is 30.1 Å². The second-order valence-corrected chi connectivity index (χ2v) is 3.03. The summed E-state index contributed by atoms with van der Waals surface area (Å²) in [7, 11) is 2.07. The summed E-state index contributed by atoms with van der Waals surface area (Å²) in [6.07, 6.45) is 3.16. The minimum absolute atomic E-state index is 1.03. The molecule has 0 radical (unpaired) electrons. The lowest BCUT2D eigenvalue weighted by atomic mass is 10.3. The quantitative estimate of drug-likeness (QED) is 0.503. The lowest BCUT2D eigenvalue weighted by Gasteiger charge is -1.94. The average molecular weight is 201 g/mol. The molecular weight excluding hydrogens is 190 g/mol. The molecule has 1 nitrogen and oxygen atoms in total. The Balaban J connectivity index is 2.81. The number of hydrogen-bond acceptors (Lipinski definition) is 0. The van der Waals surface area contributed by atoms with Gasteiger partial charge in [-0.1, -0.05) is 22.0 Å². The molecule has 0 aromatic carbocycles.